The number of carbonyl (C=O) groups is 1. The van der Waals surface area contributed by atoms with Gasteiger partial charge in [0.15, 0.2) is 0 Å². The largest absolute Gasteiger partial charge is 0.423 e. The summed E-state index contributed by atoms with van der Waals surface area (Å²) in [7, 11) is 0. The van der Waals surface area contributed by atoms with Crippen LogP contribution in [0.2, 0.25) is 0 Å². The summed E-state index contributed by atoms with van der Waals surface area (Å²) in [6.45, 7) is 3.21. The zero-order valence-corrected chi connectivity index (χ0v) is 11.4. The van der Waals surface area contributed by atoms with E-state index in [0.717, 1.165) is 6.07 Å². The van der Waals surface area contributed by atoms with E-state index in [4.69, 9.17) is 10.00 Å². The molecular formula is C16H11F2NO2. The molecule has 21 heavy (non-hydrogen) atoms. The Balaban J connectivity index is 2.30. The summed E-state index contributed by atoms with van der Waals surface area (Å²) >= 11 is 0. The minimum Gasteiger partial charge on any atom is -0.423 e. The van der Waals surface area contributed by atoms with Crippen LogP contribution in [0.25, 0.3) is 0 Å². The summed E-state index contributed by atoms with van der Waals surface area (Å²) in [4.78, 5) is 11.9. The first-order valence-electron chi connectivity index (χ1n) is 6.11. The summed E-state index contributed by atoms with van der Waals surface area (Å²) in [6.07, 6.45) is 0. The van der Waals surface area contributed by atoms with Gasteiger partial charge in [-0.05, 0) is 43.2 Å². The second-order valence-electron chi connectivity index (χ2n) is 4.58. The lowest BCUT2D eigenvalue weighted by Gasteiger charge is -2.08. The van der Waals surface area contributed by atoms with Gasteiger partial charge in [0.25, 0.3) is 0 Å². The van der Waals surface area contributed by atoms with Crippen molar-refractivity contribution in [2.75, 3.05) is 0 Å². The number of ether oxygens (including phenoxy) is 1. The zero-order valence-electron chi connectivity index (χ0n) is 11.4. The van der Waals surface area contributed by atoms with E-state index < -0.39 is 17.6 Å². The molecule has 0 atom stereocenters. The molecule has 0 aromatic heterocycles. The molecule has 0 bridgehead atoms. The molecule has 2 aromatic rings. The molecule has 0 N–H and O–H groups in total. The summed E-state index contributed by atoms with van der Waals surface area (Å²) in [5.41, 5.74) is 0.660. The van der Waals surface area contributed by atoms with Gasteiger partial charge in [-0.25, -0.2) is 13.6 Å². The maximum Gasteiger partial charge on any atom is 0.346 e. The van der Waals surface area contributed by atoms with Crippen LogP contribution in [0.15, 0.2) is 30.3 Å². The number of nitriles is 1. The number of hydrogen-bond acceptors (Lipinski definition) is 3. The molecule has 2 rings (SSSR count). The lowest BCUT2D eigenvalue weighted by molar-refractivity contribution is 0.0729. The molecule has 0 aliphatic heterocycles. The lowest BCUT2D eigenvalue weighted by Crippen LogP contribution is -2.11. The first-order valence-corrected chi connectivity index (χ1v) is 6.11. The summed E-state index contributed by atoms with van der Waals surface area (Å²) in [6, 6.07) is 8.08. The van der Waals surface area contributed by atoms with Crippen molar-refractivity contribution < 1.29 is 18.3 Å². The fraction of sp³-hybridized carbons (Fsp3) is 0.125. The van der Waals surface area contributed by atoms with Crippen LogP contribution in [0.5, 0.6) is 5.75 Å². The van der Waals surface area contributed by atoms with E-state index in [1.54, 1.807) is 19.1 Å². The van der Waals surface area contributed by atoms with E-state index >= 15 is 0 Å². The van der Waals surface area contributed by atoms with Crippen LogP contribution < -0.4 is 4.74 Å². The van der Waals surface area contributed by atoms with Crippen LogP contribution in [0.1, 0.15) is 27.0 Å². The molecule has 0 fully saturated rings. The molecule has 0 saturated carbocycles. The van der Waals surface area contributed by atoms with Gasteiger partial charge in [-0.3, -0.25) is 0 Å². The van der Waals surface area contributed by atoms with Crippen molar-refractivity contribution >= 4 is 5.97 Å². The number of rotatable bonds is 2. The van der Waals surface area contributed by atoms with E-state index in [2.05, 4.69) is 0 Å². The van der Waals surface area contributed by atoms with E-state index in [9.17, 15) is 13.6 Å². The van der Waals surface area contributed by atoms with Gasteiger partial charge in [0.1, 0.15) is 23.5 Å². The lowest BCUT2D eigenvalue weighted by atomic mass is 10.1. The number of aryl methyl sites for hydroxylation is 2. The number of halogens is 2. The molecule has 2 aromatic carbocycles. The van der Waals surface area contributed by atoms with Crippen LogP contribution in [-0.4, -0.2) is 5.97 Å². The van der Waals surface area contributed by atoms with Crippen LogP contribution in [-0.2, 0) is 0 Å². The monoisotopic (exact) mass is 287 g/mol. The predicted octanol–water partition coefficient (Wildman–Crippen LogP) is 3.67. The number of nitrogens with zero attached hydrogens (tertiary/aromatic N) is 1. The van der Waals surface area contributed by atoms with Crippen LogP contribution >= 0.6 is 0 Å². The Morgan fingerprint density at radius 2 is 1.86 bits per heavy atom. The highest BCUT2D eigenvalue weighted by Gasteiger charge is 2.16. The van der Waals surface area contributed by atoms with Crippen LogP contribution in [0, 0.1) is 36.8 Å². The van der Waals surface area contributed by atoms with Crippen molar-refractivity contribution in [3.63, 3.8) is 0 Å². The van der Waals surface area contributed by atoms with Gasteiger partial charge in [-0.1, -0.05) is 6.07 Å². The third kappa shape index (κ3) is 3.06. The quantitative estimate of drug-likeness (QED) is 0.625. The normalized spacial score (nSPS) is 10.0. The molecule has 5 heteroatoms. The van der Waals surface area contributed by atoms with Gasteiger partial charge >= 0.3 is 5.97 Å². The second-order valence-corrected chi connectivity index (χ2v) is 4.58. The molecule has 0 aliphatic carbocycles. The van der Waals surface area contributed by atoms with E-state index in [1.807, 2.05) is 0 Å². The average molecular weight is 287 g/mol. The molecule has 0 radical (unpaired) electrons. The van der Waals surface area contributed by atoms with Gasteiger partial charge in [0.2, 0.25) is 0 Å². The maximum atomic E-state index is 13.7. The summed E-state index contributed by atoms with van der Waals surface area (Å²) in [5, 5.41) is 8.77. The van der Waals surface area contributed by atoms with Gasteiger partial charge in [0, 0.05) is 6.07 Å². The minimum absolute atomic E-state index is 0.0750. The molecule has 0 aliphatic rings. The van der Waals surface area contributed by atoms with Gasteiger partial charge in [-0.15, -0.1) is 0 Å². The fourth-order valence-corrected chi connectivity index (χ4v) is 1.86. The van der Waals surface area contributed by atoms with Crippen LogP contribution in [0.4, 0.5) is 8.78 Å². The van der Waals surface area contributed by atoms with Gasteiger partial charge in [0.05, 0.1) is 11.1 Å². The molecular weight excluding hydrogens is 276 g/mol. The minimum atomic E-state index is -0.920. The third-order valence-electron chi connectivity index (χ3n) is 2.93. The Bertz CT molecular complexity index is 740. The molecule has 0 unspecified atom stereocenters. The average Bonchev–Trinajstić information content (AvgIpc) is 2.37. The molecule has 0 heterocycles. The van der Waals surface area contributed by atoms with Crippen LogP contribution in [0.3, 0.4) is 0 Å². The molecule has 0 spiro atoms. The second kappa shape index (κ2) is 5.71. The van der Waals surface area contributed by atoms with Crippen molar-refractivity contribution in [3.05, 3.63) is 64.2 Å². The van der Waals surface area contributed by atoms with Gasteiger partial charge < -0.3 is 4.74 Å². The number of esters is 1. The molecule has 0 amide bonds. The standard InChI is InChI=1S/C16H11F2NO2/c1-9-3-4-12(14(17)5-9)16(20)21-11-6-10(2)13(8-19)15(18)7-11/h3-7H,1-2H3. The fourth-order valence-electron chi connectivity index (χ4n) is 1.86. The highest BCUT2D eigenvalue weighted by atomic mass is 19.1. The van der Waals surface area contributed by atoms with Crippen molar-refractivity contribution in [2.45, 2.75) is 13.8 Å². The number of carbonyl (C=O) groups excluding carboxylic acids is 1. The SMILES string of the molecule is Cc1ccc(C(=O)Oc2cc(C)c(C#N)c(F)c2)c(F)c1. The highest BCUT2D eigenvalue weighted by Crippen LogP contribution is 2.22. The number of benzene rings is 2. The smallest absolute Gasteiger partial charge is 0.346 e. The number of hydrogen-bond donors (Lipinski definition) is 0. The Hall–Kier alpha value is -2.74. The topological polar surface area (TPSA) is 50.1 Å². The molecule has 3 nitrogen and oxygen atoms in total. The third-order valence-corrected chi connectivity index (χ3v) is 2.93. The van der Waals surface area contributed by atoms with Crippen molar-refractivity contribution in [2.24, 2.45) is 0 Å². The Morgan fingerprint density at radius 3 is 2.43 bits per heavy atom. The zero-order chi connectivity index (χ0) is 15.6. The summed E-state index contributed by atoms with van der Waals surface area (Å²) < 4.78 is 32.2. The maximum absolute atomic E-state index is 13.7. The summed E-state index contributed by atoms with van der Waals surface area (Å²) in [5.74, 6) is -2.49. The Labute approximate surface area is 120 Å². The Morgan fingerprint density at radius 1 is 1.14 bits per heavy atom. The first-order chi connectivity index (χ1) is 9.92. The predicted molar refractivity (Wildman–Crippen MR) is 71.9 cm³/mol. The van der Waals surface area contributed by atoms with Crippen molar-refractivity contribution in [1.29, 1.82) is 5.26 Å². The Kier molecular flexibility index (Phi) is 3.99. The van der Waals surface area contributed by atoms with E-state index in [-0.39, 0.29) is 16.9 Å². The molecule has 106 valence electrons. The van der Waals surface area contributed by atoms with E-state index in [0.29, 0.717) is 11.1 Å². The highest BCUT2D eigenvalue weighted by molar-refractivity contribution is 5.91. The van der Waals surface area contributed by atoms with E-state index in [1.165, 1.54) is 25.1 Å². The first kappa shape index (κ1) is 14.7. The van der Waals surface area contributed by atoms with Crippen molar-refractivity contribution in [1.82, 2.24) is 0 Å². The molecule has 0 saturated heterocycles. The van der Waals surface area contributed by atoms with Crippen molar-refractivity contribution in [3.8, 4) is 11.8 Å². The van der Waals surface area contributed by atoms with Gasteiger partial charge in [-0.2, -0.15) is 5.26 Å².